The normalized spacial score (nSPS) is 28.7. The quantitative estimate of drug-likeness (QED) is 0.913. The van der Waals surface area contributed by atoms with Crippen molar-refractivity contribution in [3.8, 4) is 5.75 Å². The van der Waals surface area contributed by atoms with Gasteiger partial charge in [0.1, 0.15) is 0 Å². The molecule has 0 aromatic heterocycles. The first-order valence-corrected chi connectivity index (χ1v) is 9.03. The van der Waals surface area contributed by atoms with Crippen molar-refractivity contribution in [2.75, 3.05) is 20.3 Å². The minimum Gasteiger partial charge on any atom is -0.494 e. The smallest absolute Gasteiger partial charge is 0.165 e. The summed E-state index contributed by atoms with van der Waals surface area (Å²) in [5.74, 6) is -0.242. The van der Waals surface area contributed by atoms with E-state index in [1.165, 1.54) is 18.7 Å². The van der Waals surface area contributed by atoms with Gasteiger partial charge in [0.25, 0.3) is 0 Å². The number of ether oxygens (including phenoxy) is 2. The van der Waals surface area contributed by atoms with Gasteiger partial charge in [-0.3, -0.25) is 4.90 Å². The number of halogens is 1. The first-order chi connectivity index (χ1) is 12.6. The molecule has 2 aliphatic rings. The fourth-order valence-corrected chi connectivity index (χ4v) is 4.29. The summed E-state index contributed by atoms with van der Waals surface area (Å²) in [4.78, 5) is 2.42. The molecule has 5 heteroatoms. The molecule has 0 saturated carbocycles. The third-order valence-corrected chi connectivity index (χ3v) is 5.60. The van der Waals surface area contributed by atoms with Crippen molar-refractivity contribution in [3.63, 3.8) is 0 Å². The molecule has 2 atom stereocenters. The molecule has 2 fully saturated rings. The summed E-state index contributed by atoms with van der Waals surface area (Å²) in [7, 11) is 1.44. The highest BCUT2D eigenvalue weighted by Crippen LogP contribution is 2.42. The third kappa shape index (κ3) is 3.22. The molecule has 4 rings (SSSR count). The number of benzene rings is 2. The molecule has 2 aromatic rings. The number of rotatable bonds is 4. The summed E-state index contributed by atoms with van der Waals surface area (Å²) >= 11 is 0. The highest BCUT2D eigenvalue weighted by atomic mass is 19.1. The number of morpholine rings is 1. The first kappa shape index (κ1) is 17.5. The van der Waals surface area contributed by atoms with Gasteiger partial charge in [-0.25, -0.2) is 4.39 Å². The van der Waals surface area contributed by atoms with E-state index in [4.69, 9.17) is 9.47 Å². The predicted octanol–water partition coefficient (Wildman–Crippen LogP) is 3.09. The number of aliphatic hydroxyl groups is 1. The third-order valence-electron chi connectivity index (χ3n) is 5.60. The van der Waals surface area contributed by atoms with Gasteiger partial charge in [0.2, 0.25) is 0 Å². The Bertz CT molecular complexity index is 753. The fourth-order valence-electron chi connectivity index (χ4n) is 4.29. The van der Waals surface area contributed by atoms with Gasteiger partial charge in [-0.2, -0.15) is 0 Å². The van der Waals surface area contributed by atoms with Gasteiger partial charge >= 0.3 is 0 Å². The van der Waals surface area contributed by atoms with Crippen molar-refractivity contribution < 1.29 is 19.0 Å². The molecule has 2 heterocycles. The largest absolute Gasteiger partial charge is 0.494 e. The summed E-state index contributed by atoms with van der Waals surface area (Å²) in [5.41, 5.74) is 0.830. The monoisotopic (exact) mass is 357 g/mol. The van der Waals surface area contributed by atoms with Crippen LogP contribution in [0.4, 0.5) is 4.39 Å². The van der Waals surface area contributed by atoms with Gasteiger partial charge in [0.15, 0.2) is 11.6 Å². The second-order valence-corrected chi connectivity index (χ2v) is 7.29. The fraction of sp³-hybridized carbons (Fsp3) is 0.429. The second kappa shape index (κ2) is 6.99. The van der Waals surface area contributed by atoms with Crippen molar-refractivity contribution in [3.05, 3.63) is 65.5 Å². The predicted molar refractivity (Wildman–Crippen MR) is 96.5 cm³/mol. The van der Waals surface area contributed by atoms with Crippen molar-refractivity contribution in [2.24, 2.45) is 0 Å². The molecule has 138 valence electrons. The Labute approximate surface area is 153 Å². The van der Waals surface area contributed by atoms with E-state index in [1.807, 2.05) is 18.2 Å². The second-order valence-electron chi connectivity index (χ2n) is 7.29. The Morgan fingerprint density at radius 2 is 1.85 bits per heavy atom. The van der Waals surface area contributed by atoms with Gasteiger partial charge in [-0.1, -0.05) is 36.4 Å². The molecule has 0 radical (unpaired) electrons. The molecular formula is C21H24FNO3. The summed E-state index contributed by atoms with van der Waals surface area (Å²) < 4.78 is 24.9. The van der Waals surface area contributed by atoms with Crippen LogP contribution < -0.4 is 4.74 Å². The Morgan fingerprint density at radius 3 is 2.46 bits per heavy atom. The minimum absolute atomic E-state index is 0.109. The average molecular weight is 357 g/mol. The van der Waals surface area contributed by atoms with Crippen molar-refractivity contribution in [1.29, 1.82) is 0 Å². The number of nitrogens with zero attached hydrogens (tertiary/aromatic N) is 1. The van der Waals surface area contributed by atoms with E-state index in [9.17, 15) is 9.50 Å². The maximum Gasteiger partial charge on any atom is 0.165 e. The summed E-state index contributed by atoms with van der Waals surface area (Å²) in [5, 5.41) is 11.3. The molecule has 2 bridgehead atoms. The number of hydrogen-bond donors (Lipinski definition) is 1. The van der Waals surface area contributed by atoms with Crippen LogP contribution in [0.15, 0.2) is 48.5 Å². The van der Waals surface area contributed by atoms with Gasteiger partial charge in [0.05, 0.1) is 25.9 Å². The van der Waals surface area contributed by atoms with Gasteiger partial charge in [-0.15, -0.1) is 0 Å². The van der Waals surface area contributed by atoms with Crippen LogP contribution in [0.3, 0.4) is 0 Å². The van der Waals surface area contributed by atoms with Gasteiger partial charge < -0.3 is 14.6 Å². The molecule has 2 unspecified atom stereocenters. The van der Waals surface area contributed by atoms with Crippen molar-refractivity contribution >= 4 is 0 Å². The van der Waals surface area contributed by atoms with E-state index in [1.54, 1.807) is 12.1 Å². The first-order valence-electron chi connectivity index (χ1n) is 9.03. The van der Waals surface area contributed by atoms with Gasteiger partial charge in [-0.05, 0) is 36.1 Å². The van der Waals surface area contributed by atoms with E-state index >= 15 is 0 Å². The number of hydrogen-bond acceptors (Lipinski definition) is 4. The number of methoxy groups -OCH3 is 1. The average Bonchev–Trinajstić information content (AvgIpc) is 2.63. The van der Waals surface area contributed by atoms with Crippen molar-refractivity contribution in [1.82, 2.24) is 4.90 Å². The Balaban J connectivity index is 1.58. The van der Waals surface area contributed by atoms with E-state index in [-0.39, 0.29) is 17.8 Å². The maximum absolute atomic E-state index is 14.2. The van der Waals surface area contributed by atoms with Crippen LogP contribution in [0, 0.1) is 5.82 Å². The molecule has 4 nitrogen and oxygen atoms in total. The molecule has 2 aromatic carbocycles. The number of piperidine rings is 1. The Kier molecular flexibility index (Phi) is 4.69. The molecule has 0 aliphatic carbocycles. The van der Waals surface area contributed by atoms with Crippen LogP contribution in [0.2, 0.25) is 0 Å². The summed E-state index contributed by atoms with van der Waals surface area (Å²) in [6.07, 6.45) is 1.06. The maximum atomic E-state index is 14.2. The van der Waals surface area contributed by atoms with E-state index in [0.29, 0.717) is 31.6 Å². The molecule has 1 N–H and O–H groups in total. The Morgan fingerprint density at radius 1 is 1.15 bits per heavy atom. The van der Waals surface area contributed by atoms with Crippen LogP contribution in [0.5, 0.6) is 5.75 Å². The SMILES string of the molecule is COc1ccc(C2(O)CC3COCC(C2)N3Cc2ccccc2)cc1F. The van der Waals surface area contributed by atoms with Crippen LogP contribution in [-0.4, -0.2) is 42.4 Å². The zero-order valence-corrected chi connectivity index (χ0v) is 14.9. The molecule has 0 amide bonds. The lowest BCUT2D eigenvalue weighted by Gasteiger charge is -2.52. The minimum atomic E-state index is -1.04. The standard InChI is InChI=1S/C21H24FNO3/c1-25-20-8-7-16(9-19(20)22)21(24)10-17-13-26-14-18(11-21)23(17)12-15-5-3-2-4-6-15/h2-9,17-18,24H,10-14H2,1H3. The van der Waals surface area contributed by atoms with Crippen LogP contribution in [0.25, 0.3) is 0 Å². The van der Waals surface area contributed by atoms with Gasteiger partial charge in [0, 0.05) is 18.6 Å². The lowest BCUT2D eigenvalue weighted by atomic mass is 9.76. The van der Waals surface area contributed by atoms with E-state index in [2.05, 4.69) is 17.0 Å². The molecule has 2 aliphatic heterocycles. The summed E-state index contributed by atoms with van der Waals surface area (Å²) in [6, 6.07) is 15.3. The highest BCUT2D eigenvalue weighted by Gasteiger charge is 2.47. The van der Waals surface area contributed by atoms with Crippen LogP contribution in [0.1, 0.15) is 24.0 Å². The zero-order valence-electron chi connectivity index (χ0n) is 14.9. The highest BCUT2D eigenvalue weighted by molar-refractivity contribution is 5.33. The molecule has 0 spiro atoms. The number of fused-ring (bicyclic) bond motifs is 2. The molecular weight excluding hydrogens is 333 g/mol. The van der Waals surface area contributed by atoms with Crippen LogP contribution >= 0.6 is 0 Å². The Hall–Kier alpha value is -1.95. The lowest BCUT2D eigenvalue weighted by molar-refractivity contribution is -0.149. The summed E-state index contributed by atoms with van der Waals surface area (Å²) in [6.45, 7) is 2.02. The molecule has 26 heavy (non-hydrogen) atoms. The van der Waals surface area contributed by atoms with E-state index in [0.717, 1.165) is 6.54 Å². The van der Waals surface area contributed by atoms with Crippen molar-refractivity contribution in [2.45, 2.75) is 37.1 Å². The topological polar surface area (TPSA) is 41.9 Å². The lowest BCUT2D eigenvalue weighted by Crippen LogP contribution is -2.60. The molecule has 2 saturated heterocycles. The van der Waals surface area contributed by atoms with Crippen LogP contribution in [-0.2, 0) is 16.9 Å². The zero-order chi connectivity index (χ0) is 18.1. The van der Waals surface area contributed by atoms with E-state index < -0.39 is 11.4 Å².